The molecular weight excluding hydrogens is 278 g/mol. The van der Waals surface area contributed by atoms with Crippen molar-refractivity contribution in [2.24, 2.45) is 0 Å². The van der Waals surface area contributed by atoms with Crippen LogP contribution in [-0.2, 0) is 0 Å². The fourth-order valence-corrected chi connectivity index (χ4v) is 2.07. The van der Waals surface area contributed by atoms with Crippen molar-refractivity contribution < 1.29 is 8.78 Å². The lowest BCUT2D eigenvalue weighted by molar-refractivity contribution is 0.590. The summed E-state index contributed by atoms with van der Waals surface area (Å²) in [6, 6.07) is 13.2. The van der Waals surface area contributed by atoms with E-state index in [1.54, 1.807) is 0 Å². The number of halogens is 2. The molecule has 2 nitrogen and oxygen atoms in total. The molecule has 0 unspecified atom stereocenters. The fourth-order valence-electron chi connectivity index (χ4n) is 1.79. The molecule has 0 aliphatic heterocycles. The lowest BCUT2D eigenvalue weighted by Crippen LogP contribution is -2.31. The van der Waals surface area contributed by atoms with E-state index in [1.165, 1.54) is 18.2 Å². The summed E-state index contributed by atoms with van der Waals surface area (Å²) in [5, 5.41) is 5.71. The Balaban J connectivity index is 2.03. The molecule has 2 aromatic rings. The predicted octanol–water partition coefficient (Wildman–Crippen LogP) is 4.01. The molecule has 0 aliphatic rings. The van der Waals surface area contributed by atoms with Crippen LogP contribution in [0, 0.1) is 11.6 Å². The van der Waals surface area contributed by atoms with Crippen LogP contribution in [0.15, 0.2) is 48.5 Å². The minimum Gasteiger partial charge on any atom is -0.356 e. The molecule has 1 atom stereocenters. The molecule has 2 N–H and O–H groups in total. The van der Waals surface area contributed by atoms with Gasteiger partial charge in [0.05, 0.1) is 6.04 Å². The number of benzene rings is 2. The second-order valence-corrected chi connectivity index (χ2v) is 4.74. The summed E-state index contributed by atoms with van der Waals surface area (Å²) in [6.45, 7) is 1.92. The smallest absolute Gasteiger partial charge is 0.171 e. The van der Waals surface area contributed by atoms with Crippen molar-refractivity contribution in [2.75, 3.05) is 5.32 Å². The molecular formula is C15H14F2N2S. The number of nitrogens with one attached hydrogen (secondary N) is 2. The summed E-state index contributed by atoms with van der Waals surface area (Å²) in [5.41, 5.74) is 0.788. The van der Waals surface area contributed by atoms with Crippen LogP contribution in [-0.4, -0.2) is 5.11 Å². The highest BCUT2D eigenvalue weighted by molar-refractivity contribution is 7.80. The molecule has 0 heterocycles. The Hall–Kier alpha value is -2.01. The summed E-state index contributed by atoms with van der Waals surface area (Å²) < 4.78 is 27.0. The quantitative estimate of drug-likeness (QED) is 0.836. The van der Waals surface area contributed by atoms with Gasteiger partial charge in [0.25, 0.3) is 0 Å². The normalized spacial score (nSPS) is 11.8. The topological polar surface area (TPSA) is 24.1 Å². The van der Waals surface area contributed by atoms with E-state index in [0.29, 0.717) is 0 Å². The molecule has 0 fully saturated rings. The molecule has 0 spiro atoms. The van der Waals surface area contributed by atoms with Gasteiger partial charge in [0.15, 0.2) is 5.11 Å². The third-order valence-corrected chi connectivity index (χ3v) is 3.07. The van der Waals surface area contributed by atoms with Gasteiger partial charge in [-0.1, -0.05) is 36.4 Å². The third kappa shape index (κ3) is 3.51. The zero-order valence-electron chi connectivity index (χ0n) is 10.9. The van der Waals surface area contributed by atoms with Gasteiger partial charge in [-0.25, -0.2) is 8.78 Å². The third-order valence-electron chi connectivity index (χ3n) is 2.85. The number of thiocarbonyl (C=S) groups is 1. The van der Waals surface area contributed by atoms with Gasteiger partial charge < -0.3 is 10.6 Å². The maximum absolute atomic E-state index is 13.5. The Kier molecular flexibility index (Phi) is 4.63. The first-order chi connectivity index (χ1) is 9.58. The second-order valence-electron chi connectivity index (χ2n) is 4.33. The van der Waals surface area contributed by atoms with E-state index in [-0.39, 0.29) is 16.8 Å². The molecule has 2 rings (SSSR count). The Labute approximate surface area is 121 Å². The summed E-state index contributed by atoms with van der Waals surface area (Å²) >= 11 is 5.08. The van der Waals surface area contributed by atoms with Crippen molar-refractivity contribution in [3.05, 3.63) is 65.7 Å². The first-order valence-corrected chi connectivity index (χ1v) is 6.55. The Morgan fingerprint density at radius 3 is 2.20 bits per heavy atom. The minimum atomic E-state index is -0.679. The second kappa shape index (κ2) is 6.43. The molecule has 0 amide bonds. The first-order valence-electron chi connectivity index (χ1n) is 6.14. The van der Waals surface area contributed by atoms with Crippen molar-refractivity contribution >= 4 is 23.0 Å². The van der Waals surface area contributed by atoms with Crippen molar-refractivity contribution in [1.29, 1.82) is 0 Å². The number of hydrogen-bond acceptors (Lipinski definition) is 1. The van der Waals surface area contributed by atoms with Gasteiger partial charge in [0, 0.05) is 0 Å². The summed E-state index contributed by atoms with van der Waals surface area (Å²) in [4.78, 5) is 0. The van der Waals surface area contributed by atoms with Crippen LogP contribution in [0.5, 0.6) is 0 Å². The number of para-hydroxylation sites is 1. The largest absolute Gasteiger partial charge is 0.356 e. The standard InChI is InChI=1S/C15H14F2N2S/c1-10(11-6-3-2-4-7-11)18-15(20)19-14-12(16)8-5-9-13(14)17/h2-10H,1H3,(H2,18,19,20)/t10-/m1/s1. The van der Waals surface area contributed by atoms with Crippen molar-refractivity contribution in [3.8, 4) is 0 Å². The van der Waals surface area contributed by atoms with E-state index in [4.69, 9.17) is 12.2 Å². The predicted molar refractivity (Wildman–Crippen MR) is 80.6 cm³/mol. The van der Waals surface area contributed by atoms with Crippen molar-refractivity contribution in [1.82, 2.24) is 5.32 Å². The van der Waals surface area contributed by atoms with Gasteiger partial charge >= 0.3 is 0 Å². The highest BCUT2D eigenvalue weighted by atomic mass is 32.1. The molecule has 0 saturated carbocycles. The lowest BCUT2D eigenvalue weighted by atomic mass is 10.1. The van der Waals surface area contributed by atoms with E-state index in [0.717, 1.165) is 5.56 Å². The molecule has 0 aromatic heterocycles. The van der Waals surface area contributed by atoms with E-state index in [1.807, 2.05) is 37.3 Å². The number of rotatable bonds is 3. The SMILES string of the molecule is C[C@@H](NC(=S)Nc1c(F)cccc1F)c1ccccc1. The van der Waals surface area contributed by atoms with Crippen LogP contribution in [0.1, 0.15) is 18.5 Å². The lowest BCUT2D eigenvalue weighted by Gasteiger charge is -2.17. The van der Waals surface area contributed by atoms with E-state index in [9.17, 15) is 8.78 Å². The Morgan fingerprint density at radius 2 is 1.60 bits per heavy atom. The number of hydrogen-bond donors (Lipinski definition) is 2. The number of anilines is 1. The summed E-state index contributed by atoms with van der Waals surface area (Å²) in [5.74, 6) is -1.36. The van der Waals surface area contributed by atoms with Gasteiger partial charge in [0.2, 0.25) is 0 Å². The molecule has 104 valence electrons. The summed E-state index contributed by atoms with van der Waals surface area (Å²) in [6.07, 6.45) is 0. The highest BCUT2D eigenvalue weighted by Gasteiger charge is 2.11. The zero-order chi connectivity index (χ0) is 14.5. The molecule has 20 heavy (non-hydrogen) atoms. The molecule has 2 aromatic carbocycles. The average Bonchev–Trinajstić information content (AvgIpc) is 2.44. The van der Waals surface area contributed by atoms with E-state index in [2.05, 4.69) is 10.6 Å². The van der Waals surface area contributed by atoms with Crippen LogP contribution in [0.2, 0.25) is 0 Å². The Morgan fingerprint density at radius 1 is 1.00 bits per heavy atom. The first kappa shape index (κ1) is 14.4. The van der Waals surface area contributed by atoms with Gasteiger partial charge in [-0.3, -0.25) is 0 Å². The molecule has 0 bridgehead atoms. The molecule has 5 heteroatoms. The van der Waals surface area contributed by atoms with Gasteiger partial charge in [-0.15, -0.1) is 0 Å². The van der Waals surface area contributed by atoms with Crippen molar-refractivity contribution in [2.45, 2.75) is 13.0 Å². The van der Waals surface area contributed by atoms with Gasteiger partial charge in [-0.2, -0.15) is 0 Å². The van der Waals surface area contributed by atoms with E-state index >= 15 is 0 Å². The van der Waals surface area contributed by atoms with Crippen molar-refractivity contribution in [3.63, 3.8) is 0 Å². The molecule has 0 radical (unpaired) electrons. The van der Waals surface area contributed by atoms with Crippen LogP contribution < -0.4 is 10.6 Å². The fraction of sp³-hybridized carbons (Fsp3) is 0.133. The van der Waals surface area contributed by atoms with Gasteiger partial charge in [0.1, 0.15) is 17.3 Å². The monoisotopic (exact) mass is 292 g/mol. The minimum absolute atomic E-state index is 0.0639. The van der Waals surface area contributed by atoms with Gasteiger partial charge in [-0.05, 0) is 36.8 Å². The maximum atomic E-state index is 13.5. The maximum Gasteiger partial charge on any atom is 0.171 e. The van der Waals surface area contributed by atoms with E-state index < -0.39 is 11.6 Å². The van der Waals surface area contributed by atoms with Crippen LogP contribution >= 0.6 is 12.2 Å². The average molecular weight is 292 g/mol. The molecule has 0 aliphatic carbocycles. The zero-order valence-corrected chi connectivity index (χ0v) is 11.7. The van der Waals surface area contributed by atoms with Crippen LogP contribution in [0.25, 0.3) is 0 Å². The Bertz CT molecular complexity index is 582. The molecule has 0 saturated heterocycles. The highest BCUT2D eigenvalue weighted by Crippen LogP contribution is 2.18. The van der Waals surface area contributed by atoms with Crippen LogP contribution in [0.3, 0.4) is 0 Å². The summed E-state index contributed by atoms with van der Waals surface area (Å²) in [7, 11) is 0. The van der Waals surface area contributed by atoms with Crippen LogP contribution in [0.4, 0.5) is 14.5 Å².